The molecule has 0 bridgehead atoms. The Hall–Kier alpha value is -2.46. The molecule has 2 amide bonds. The minimum atomic E-state index is -3.77. The largest absolute Gasteiger partial charge is 0.379 e. The molecule has 0 saturated carbocycles. The number of para-hydroxylation sites is 1. The highest BCUT2D eigenvalue weighted by Gasteiger charge is 2.28. The van der Waals surface area contributed by atoms with E-state index in [4.69, 9.17) is 16.3 Å². The minimum absolute atomic E-state index is 0.0250. The van der Waals surface area contributed by atoms with E-state index >= 15 is 0 Å². The molecule has 2 aromatic carbocycles. The van der Waals surface area contributed by atoms with Crippen molar-refractivity contribution in [3.05, 3.63) is 53.6 Å². The van der Waals surface area contributed by atoms with Gasteiger partial charge in [-0.2, -0.15) is 4.31 Å². The lowest BCUT2D eigenvalue weighted by Gasteiger charge is -2.26. The molecule has 1 aliphatic heterocycles. The maximum Gasteiger partial charge on any atom is 0.316 e. The van der Waals surface area contributed by atoms with Gasteiger partial charge in [0.15, 0.2) is 0 Å². The van der Waals surface area contributed by atoms with Crippen molar-refractivity contribution in [2.24, 2.45) is 0 Å². The molecule has 1 saturated heterocycles. The zero-order valence-electron chi connectivity index (χ0n) is 15.7. The van der Waals surface area contributed by atoms with Crippen LogP contribution in [0.15, 0.2) is 53.4 Å². The molecule has 0 aromatic heterocycles. The topological polar surface area (TPSA) is 96.0 Å². The maximum absolute atomic E-state index is 12.8. The third-order valence-electron chi connectivity index (χ3n) is 4.44. The highest BCUT2D eigenvalue weighted by atomic mass is 35.5. The molecule has 0 radical (unpaired) electrons. The van der Waals surface area contributed by atoms with Crippen molar-refractivity contribution in [1.29, 1.82) is 0 Å². The fourth-order valence-electron chi connectivity index (χ4n) is 2.79. The Morgan fingerprint density at radius 2 is 1.76 bits per heavy atom. The standard InChI is InChI=1S/C19H20ClN3O5S/c1-22(14-5-3-2-4-6-14)19(25)18(24)21-17-13-15(7-8-16(17)20)29(26,27)23-9-11-28-12-10-23/h2-8,13H,9-12H2,1H3,(H,21,24). The highest BCUT2D eigenvalue weighted by Crippen LogP contribution is 2.27. The fraction of sp³-hybridized carbons (Fsp3) is 0.263. The monoisotopic (exact) mass is 437 g/mol. The van der Waals surface area contributed by atoms with Crippen LogP contribution in [0.1, 0.15) is 0 Å². The van der Waals surface area contributed by atoms with Gasteiger partial charge in [0.05, 0.1) is 28.8 Å². The van der Waals surface area contributed by atoms with E-state index < -0.39 is 21.8 Å². The van der Waals surface area contributed by atoms with Crippen molar-refractivity contribution >= 4 is 44.8 Å². The van der Waals surface area contributed by atoms with Crippen molar-refractivity contribution in [1.82, 2.24) is 4.31 Å². The summed E-state index contributed by atoms with van der Waals surface area (Å²) in [5, 5.41) is 2.53. The SMILES string of the molecule is CN(C(=O)C(=O)Nc1cc(S(=O)(=O)N2CCOCC2)ccc1Cl)c1ccccc1. The molecule has 1 aliphatic rings. The number of rotatable bonds is 4. The third-order valence-corrected chi connectivity index (χ3v) is 6.66. The second-order valence-electron chi connectivity index (χ2n) is 6.31. The smallest absolute Gasteiger partial charge is 0.316 e. The fourth-order valence-corrected chi connectivity index (χ4v) is 4.39. The summed E-state index contributed by atoms with van der Waals surface area (Å²) >= 11 is 6.11. The average Bonchev–Trinajstić information content (AvgIpc) is 2.75. The maximum atomic E-state index is 12.8. The number of hydrogen-bond donors (Lipinski definition) is 1. The second kappa shape index (κ2) is 8.91. The van der Waals surface area contributed by atoms with Gasteiger partial charge in [-0.15, -0.1) is 0 Å². The first kappa shape index (κ1) is 21.3. The number of sulfonamides is 1. The summed E-state index contributed by atoms with van der Waals surface area (Å²) in [5.41, 5.74) is 0.586. The number of anilines is 2. The van der Waals surface area contributed by atoms with E-state index in [1.54, 1.807) is 30.3 Å². The Morgan fingerprint density at radius 1 is 1.10 bits per heavy atom. The first-order chi connectivity index (χ1) is 13.8. The molecule has 154 valence electrons. The second-order valence-corrected chi connectivity index (χ2v) is 8.66. The molecule has 2 aromatic rings. The van der Waals surface area contributed by atoms with E-state index in [0.717, 1.165) is 0 Å². The first-order valence-electron chi connectivity index (χ1n) is 8.82. The van der Waals surface area contributed by atoms with Gasteiger partial charge < -0.3 is 15.0 Å². The Bertz CT molecular complexity index is 1010. The van der Waals surface area contributed by atoms with Crippen molar-refractivity contribution in [3.63, 3.8) is 0 Å². The Morgan fingerprint density at radius 3 is 2.41 bits per heavy atom. The van der Waals surface area contributed by atoms with E-state index in [1.807, 2.05) is 0 Å². The van der Waals surface area contributed by atoms with Crippen molar-refractivity contribution in [2.75, 3.05) is 43.6 Å². The van der Waals surface area contributed by atoms with E-state index in [9.17, 15) is 18.0 Å². The number of nitrogens with zero attached hydrogens (tertiary/aromatic N) is 2. The van der Waals surface area contributed by atoms with Gasteiger partial charge in [0, 0.05) is 25.8 Å². The number of hydrogen-bond acceptors (Lipinski definition) is 5. The van der Waals surface area contributed by atoms with Gasteiger partial charge in [0.2, 0.25) is 10.0 Å². The predicted molar refractivity (Wildman–Crippen MR) is 110 cm³/mol. The van der Waals surface area contributed by atoms with Crippen LogP contribution in [0.5, 0.6) is 0 Å². The number of amides is 2. The lowest BCUT2D eigenvalue weighted by atomic mass is 10.3. The van der Waals surface area contributed by atoms with Crippen LogP contribution in [-0.4, -0.2) is 57.9 Å². The molecule has 1 N–H and O–H groups in total. The summed E-state index contributed by atoms with van der Waals surface area (Å²) in [5.74, 6) is -1.74. The molecule has 0 atom stereocenters. The molecule has 0 spiro atoms. The first-order valence-corrected chi connectivity index (χ1v) is 10.6. The summed E-state index contributed by atoms with van der Waals surface area (Å²) in [6, 6.07) is 12.6. The summed E-state index contributed by atoms with van der Waals surface area (Å²) in [6.45, 7) is 1.12. The zero-order chi connectivity index (χ0) is 21.0. The molecular weight excluding hydrogens is 418 g/mol. The van der Waals surface area contributed by atoms with Crippen LogP contribution in [0.3, 0.4) is 0 Å². The minimum Gasteiger partial charge on any atom is -0.379 e. The molecule has 3 rings (SSSR count). The lowest BCUT2D eigenvalue weighted by Crippen LogP contribution is -2.40. The molecule has 8 nitrogen and oxygen atoms in total. The van der Waals surface area contributed by atoms with Crippen LogP contribution in [0.25, 0.3) is 0 Å². The number of benzene rings is 2. The molecule has 29 heavy (non-hydrogen) atoms. The highest BCUT2D eigenvalue weighted by molar-refractivity contribution is 7.89. The summed E-state index contributed by atoms with van der Waals surface area (Å²) in [7, 11) is -2.30. The Labute approximate surface area is 174 Å². The van der Waals surface area contributed by atoms with Gasteiger partial charge in [0.1, 0.15) is 0 Å². The summed E-state index contributed by atoms with van der Waals surface area (Å²) in [4.78, 5) is 26.0. The summed E-state index contributed by atoms with van der Waals surface area (Å²) < 4.78 is 32.1. The van der Waals surface area contributed by atoms with E-state index in [2.05, 4.69) is 5.32 Å². The quantitative estimate of drug-likeness (QED) is 0.737. The molecule has 10 heteroatoms. The van der Waals surface area contributed by atoms with Crippen molar-refractivity contribution in [3.8, 4) is 0 Å². The Balaban J connectivity index is 1.79. The number of morpholine rings is 1. The zero-order valence-corrected chi connectivity index (χ0v) is 17.2. The summed E-state index contributed by atoms with van der Waals surface area (Å²) in [6.07, 6.45) is 0. The van der Waals surface area contributed by atoms with Crippen LogP contribution in [0.4, 0.5) is 11.4 Å². The van der Waals surface area contributed by atoms with Crippen molar-refractivity contribution < 1.29 is 22.7 Å². The van der Waals surface area contributed by atoms with E-state index in [-0.39, 0.29) is 28.7 Å². The van der Waals surface area contributed by atoms with Gasteiger partial charge >= 0.3 is 11.8 Å². The molecule has 0 unspecified atom stereocenters. The predicted octanol–water partition coefficient (Wildman–Crippen LogP) is 1.96. The van der Waals surface area contributed by atoms with Crippen LogP contribution in [0, 0.1) is 0 Å². The molecule has 1 fully saturated rings. The molecule has 1 heterocycles. The van der Waals surface area contributed by atoms with Gasteiger partial charge in [-0.05, 0) is 30.3 Å². The van der Waals surface area contributed by atoms with Crippen molar-refractivity contribution in [2.45, 2.75) is 4.90 Å². The molecular formula is C19H20ClN3O5S. The van der Waals surface area contributed by atoms with E-state index in [1.165, 1.54) is 34.5 Å². The number of carbonyl (C=O) groups is 2. The van der Waals surface area contributed by atoms with Gasteiger partial charge in [-0.1, -0.05) is 29.8 Å². The number of nitrogens with one attached hydrogen (secondary N) is 1. The number of halogens is 1. The normalized spacial score (nSPS) is 15.0. The van der Waals surface area contributed by atoms with Crippen LogP contribution in [0.2, 0.25) is 5.02 Å². The van der Waals surface area contributed by atoms with Gasteiger partial charge in [-0.25, -0.2) is 8.42 Å². The number of carbonyl (C=O) groups excluding carboxylic acids is 2. The third kappa shape index (κ3) is 4.76. The van der Waals surface area contributed by atoms with Crippen LogP contribution >= 0.6 is 11.6 Å². The average molecular weight is 438 g/mol. The van der Waals surface area contributed by atoms with Gasteiger partial charge in [0.25, 0.3) is 0 Å². The number of likely N-dealkylation sites (N-methyl/N-ethyl adjacent to an activating group) is 1. The molecule has 0 aliphatic carbocycles. The lowest BCUT2D eigenvalue weighted by molar-refractivity contribution is -0.134. The van der Waals surface area contributed by atoms with Crippen LogP contribution < -0.4 is 10.2 Å². The van der Waals surface area contributed by atoms with E-state index in [0.29, 0.717) is 18.9 Å². The Kier molecular flexibility index (Phi) is 6.53. The number of ether oxygens (including phenoxy) is 1. The van der Waals surface area contributed by atoms with Crippen LogP contribution in [-0.2, 0) is 24.3 Å². The van der Waals surface area contributed by atoms with Gasteiger partial charge in [-0.3, -0.25) is 9.59 Å².